The van der Waals surface area contributed by atoms with E-state index < -0.39 is 11.9 Å². The van der Waals surface area contributed by atoms with Gasteiger partial charge in [0, 0.05) is 16.0 Å². The molecule has 1 aromatic carbocycles. The Morgan fingerprint density at radius 1 is 1.04 bits per heavy atom. The van der Waals surface area contributed by atoms with Crippen molar-refractivity contribution in [1.29, 1.82) is 0 Å². The first kappa shape index (κ1) is 18.7. The molecule has 0 aliphatic rings. The SMILES string of the molecule is O=C(Nc1scc(-c2ccc(Cl)cc2)c1C(=O)O)c1ccc(Cl)nc1Cl. The zero-order chi connectivity index (χ0) is 18.8. The van der Waals surface area contributed by atoms with Crippen LogP contribution in [0.1, 0.15) is 20.7 Å². The van der Waals surface area contributed by atoms with Gasteiger partial charge in [-0.15, -0.1) is 11.3 Å². The van der Waals surface area contributed by atoms with Crippen LogP contribution in [0, 0.1) is 0 Å². The van der Waals surface area contributed by atoms with Gasteiger partial charge in [0.2, 0.25) is 0 Å². The van der Waals surface area contributed by atoms with Crippen LogP contribution in [0.25, 0.3) is 11.1 Å². The molecule has 0 unspecified atom stereocenters. The number of carbonyl (C=O) groups excluding carboxylic acids is 1. The van der Waals surface area contributed by atoms with Gasteiger partial charge in [0.1, 0.15) is 20.9 Å². The second-order valence-corrected chi connectivity index (χ2v) is 7.15. The highest BCUT2D eigenvalue weighted by molar-refractivity contribution is 7.15. The summed E-state index contributed by atoms with van der Waals surface area (Å²) in [6.45, 7) is 0. The van der Waals surface area contributed by atoms with E-state index in [0.29, 0.717) is 16.1 Å². The Balaban J connectivity index is 1.97. The fourth-order valence-corrected chi connectivity index (χ4v) is 3.77. The summed E-state index contributed by atoms with van der Waals surface area (Å²) in [5.41, 5.74) is 1.24. The van der Waals surface area contributed by atoms with Crippen LogP contribution in [0.3, 0.4) is 0 Å². The number of rotatable bonds is 4. The molecule has 0 radical (unpaired) electrons. The highest BCUT2D eigenvalue weighted by atomic mass is 35.5. The number of nitrogens with one attached hydrogen (secondary N) is 1. The first-order chi connectivity index (χ1) is 12.4. The Morgan fingerprint density at radius 3 is 2.35 bits per heavy atom. The van der Waals surface area contributed by atoms with Crippen molar-refractivity contribution < 1.29 is 14.7 Å². The smallest absolute Gasteiger partial charge is 0.339 e. The lowest BCUT2D eigenvalue weighted by Crippen LogP contribution is -2.14. The van der Waals surface area contributed by atoms with Crippen LogP contribution in [0.15, 0.2) is 41.8 Å². The van der Waals surface area contributed by atoms with Gasteiger partial charge in [-0.25, -0.2) is 9.78 Å². The largest absolute Gasteiger partial charge is 0.478 e. The van der Waals surface area contributed by atoms with Gasteiger partial charge in [-0.3, -0.25) is 4.79 Å². The summed E-state index contributed by atoms with van der Waals surface area (Å²) in [6, 6.07) is 9.59. The van der Waals surface area contributed by atoms with E-state index in [-0.39, 0.29) is 26.4 Å². The van der Waals surface area contributed by atoms with E-state index in [1.54, 1.807) is 29.6 Å². The van der Waals surface area contributed by atoms with Crippen LogP contribution in [0.4, 0.5) is 5.00 Å². The topological polar surface area (TPSA) is 79.3 Å². The Morgan fingerprint density at radius 2 is 1.73 bits per heavy atom. The summed E-state index contributed by atoms with van der Waals surface area (Å²) in [5, 5.41) is 14.6. The first-order valence-corrected chi connectivity index (χ1v) is 9.12. The van der Waals surface area contributed by atoms with Crippen molar-refractivity contribution in [3.05, 3.63) is 68.2 Å². The van der Waals surface area contributed by atoms with E-state index in [2.05, 4.69) is 10.3 Å². The lowest BCUT2D eigenvalue weighted by Gasteiger charge is -2.07. The molecule has 5 nitrogen and oxygen atoms in total. The molecule has 2 heterocycles. The van der Waals surface area contributed by atoms with Crippen LogP contribution in [-0.2, 0) is 0 Å². The summed E-state index contributed by atoms with van der Waals surface area (Å²) >= 11 is 18.6. The summed E-state index contributed by atoms with van der Waals surface area (Å²) in [7, 11) is 0. The molecule has 0 saturated carbocycles. The highest BCUT2D eigenvalue weighted by Gasteiger charge is 2.22. The fourth-order valence-electron chi connectivity index (χ4n) is 2.26. The van der Waals surface area contributed by atoms with Gasteiger partial charge in [-0.05, 0) is 29.8 Å². The number of carbonyl (C=O) groups is 2. The number of amides is 1. The Kier molecular flexibility index (Phi) is 5.48. The van der Waals surface area contributed by atoms with Crippen LogP contribution >= 0.6 is 46.1 Å². The van der Waals surface area contributed by atoms with E-state index in [9.17, 15) is 14.7 Å². The summed E-state index contributed by atoms with van der Waals surface area (Å²) in [5.74, 6) is -1.74. The number of hydrogen-bond acceptors (Lipinski definition) is 4. The number of anilines is 1. The van der Waals surface area contributed by atoms with Crippen molar-refractivity contribution >= 4 is 63.0 Å². The molecule has 1 amide bonds. The minimum atomic E-state index is -1.16. The maximum absolute atomic E-state index is 12.4. The number of nitrogens with zero attached hydrogens (tertiary/aromatic N) is 1. The van der Waals surface area contributed by atoms with E-state index in [0.717, 1.165) is 11.3 Å². The lowest BCUT2D eigenvalue weighted by atomic mass is 10.0. The molecule has 2 aromatic heterocycles. The number of halogens is 3. The Labute approximate surface area is 167 Å². The molecular formula is C17H9Cl3N2O3S. The Bertz CT molecular complexity index is 1000. The molecule has 9 heteroatoms. The average Bonchev–Trinajstić information content (AvgIpc) is 2.99. The lowest BCUT2D eigenvalue weighted by molar-refractivity contribution is 0.0699. The van der Waals surface area contributed by atoms with E-state index in [1.807, 2.05) is 0 Å². The van der Waals surface area contributed by atoms with Crippen molar-refractivity contribution in [2.45, 2.75) is 0 Å². The average molecular weight is 428 g/mol. The number of aromatic nitrogens is 1. The molecule has 0 spiro atoms. The van der Waals surface area contributed by atoms with Crippen molar-refractivity contribution in [1.82, 2.24) is 4.98 Å². The number of aromatic carboxylic acids is 1. The molecule has 0 aliphatic carbocycles. The molecule has 2 N–H and O–H groups in total. The second-order valence-electron chi connectivity index (χ2n) is 5.09. The molecule has 0 aliphatic heterocycles. The maximum atomic E-state index is 12.4. The highest BCUT2D eigenvalue weighted by Crippen LogP contribution is 2.36. The maximum Gasteiger partial charge on any atom is 0.339 e. The fraction of sp³-hybridized carbons (Fsp3) is 0. The van der Waals surface area contributed by atoms with Gasteiger partial charge in [0.25, 0.3) is 5.91 Å². The summed E-state index contributed by atoms with van der Waals surface area (Å²) < 4.78 is 0. The molecule has 0 bridgehead atoms. The van der Waals surface area contributed by atoms with Gasteiger partial charge in [0.05, 0.1) is 5.56 Å². The van der Waals surface area contributed by atoms with Crippen molar-refractivity contribution in [2.75, 3.05) is 5.32 Å². The number of thiophene rings is 1. The number of hydrogen-bond donors (Lipinski definition) is 2. The monoisotopic (exact) mass is 426 g/mol. The zero-order valence-corrected chi connectivity index (χ0v) is 15.9. The molecule has 3 aromatic rings. The van der Waals surface area contributed by atoms with E-state index in [4.69, 9.17) is 34.8 Å². The third-order valence-corrected chi connectivity index (χ3v) is 5.09. The Hall–Kier alpha value is -2.12. The number of pyridine rings is 1. The third kappa shape index (κ3) is 3.83. The molecule has 0 fully saturated rings. The standard InChI is InChI=1S/C17H9Cl3N2O3S/c18-9-3-1-8(2-4-9)11-7-26-16(13(11)17(24)25)22-15(23)10-5-6-12(19)21-14(10)20/h1-7H,(H,22,23)(H,24,25). The molecule has 26 heavy (non-hydrogen) atoms. The van der Waals surface area contributed by atoms with Gasteiger partial charge < -0.3 is 10.4 Å². The van der Waals surface area contributed by atoms with E-state index >= 15 is 0 Å². The number of benzene rings is 1. The van der Waals surface area contributed by atoms with Crippen LogP contribution in [0.2, 0.25) is 15.3 Å². The predicted octanol–water partition coefficient (Wildman–Crippen LogP) is 5.72. The van der Waals surface area contributed by atoms with Crippen molar-refractivity contribution in [3.8, 4) is 11.1 Å². The third-order valence-electron chi connectivity index (χ3n) is 3.45. The summed E-state index contributed by atoms with van der Waals surface area (Å²) in [6.07, 6.45) is 0. The van der Waals surface area contributed by atoms with Gasteiger partial charge >= 0.3 is 5.97 Å². The normalized spacial score (nSPS) is 10.6. The van der Waals surface area contributed by atoms with Gasteiger partial charge in [0.15, 0.2) is 0 Å². The quantitative estimate of drug-likeness (QED) is 0.522. The van der Waals surface area contributed by atoms with Crippen LogP contribution in [0.5, 0.6) is 0 Å². The minimum Gasteiger partial charge on any atom is -0.478 e. The number of carboxylic acids is 1. The zero-order valence-electron chi connectivity index (χ0n) is 12.8. The molecule has 3 rings (SSSR count). The van der Waals surface area contributed by atoms with Crippen LogP contribution < -0.4 is 5.32 Å². The van der Waals surface area contributed by atoms with Crippen molar-refractivity contribution in [3.63, 3.8) is 0 Å². The molecule has 132 valence electrons. The van der Waals surface area contributed by atoms with Crippen LogP contribution in [-0.4, -0.2) is 22.0 Å². The molecule has 0 saturated heterocycles. The van der Waals surface area contributed by atoms with Crippen molar-refractivity contribution in [2.24, 2.45) is 0 Å². The van der Waals surface area contributed by atoms with E-state index in [1.165, 1.54) is 12.1 Å². The van der Waals surface area contributed by atoms with Gasteiger partial charge in [-0.1, -0.05) is 46.9 Å². The predicted molar refractivity (Wildman–Crippen MR) is 104 cm³/mol. The number of carboxylic acid groups (broad SMARTS) is 1. The summed E-state index contributed by atoms with van der Waals surface area (Å²) in [4.78, 5) is 28.0. The molecular weight excluding hydrogens is 419 g/mol. The minimum absolute atomic E-state index is 0.0104. The second kappa shape index (κ2) is 7.63. The van der Waals surface area contributed by atoms with Gasteiger partial charge in [-0.2, -0.15) is 0 Å². The first-order valence-electron chi connectivity index (χ1n) is 7.11. The molecule has 0 atom stereocenters.